The first-order chi connectivity index (χ1) is 20.3. The summed E-state index contributed by atoms with van der Waals surface area (Å²) in [4.78, 5) is 30.3. The Kier molecular flexibility index (Phi) is 9.15. The van der Waals surface area contributed by atoms with Crippen LogP contribution in [0.25, 0.3) is 11.1 Å². The summed E-state index contributed by atoms with van der Waals surface area (Å²) in [5, 5.41) is 2.62. The maximum atomic E-state index is 14.0. The highest BCUT2D eigenvalue weighted by molar-refractivity contribution is 7.13. The number of ether oxygens (including phenoxy) is 1. The molecule has 0 saturated carbocycles. The number of hydrogen-bond acceptors (Lipinski definition) is 5. The Labute approximate surface area is 251 Å². The second kappa shape index (κ2) is 12.1. The Morgan fingerprint density at radius 3 is 2.07 bits per heavy atom. The predicted molar refractivity (Wildman–Crippen MR) is 152 cm³/mol. The number of alkyl halides is 6. The highest BCUT2D eigenvalue weighted by Gasteiger charge is 2.41. The zero-order chi connectivity index (χ0) is 32.8. The maximum absolute atomic E-state index is 14.0. The summed E-state index contributed by atoms with van der Waals surface area (Å²) in [5.74, 6) is -1.84. The topological polar surface area (TPSA) is 71.5 Å². The molecule has 1 aliphatic heterocycles. The van der Waals surface area contributed by atoms with E-state index in [1.54, 1.807) is 17.7 Å². The molecule has 44 heavy (non-hydrogen) atoms. The SMILES string of the molecule is COC(=O)[C@@H]1CCC(c2cc(-c3ccc(F)cc3C)c(NC(=O)C(C)(C)c3cc(C(F)(F)F)cc(C(F)(F)F)c3)cn2)N1P. The molecule has 0 spiro atoms. The number of esters is 1. The average Bonchev–Trinajstić information content (AvgIpc) is 3.32. The number of nitrogens with zero attached hydrogens (tertiary/aromatic N) is 2. The second-order valence-electron chi connectivity index (χ2n) is 11.1. The molecule has 2 aromatic carbocycles. The standard InChI is InChI=1S/C30H29F7N3O3P/c1-15-9-19(31)5-6-20(15)21-13-22(24-7-8-25(40(24)44)26(41)43-4)38-14-23(21)39-27(42)28(2,3)16-10-17(29(32,33)34)12-18(11-16)30(35,36)37/h5-6,9-14,24-25H,7-8,44H2,1-4H3,(H,39,42)/t24?,25-/m0/s1. The van der Waals surface area contributed by atoms with Crippen LogP contribution >= 0.6 is 9.39 Å². The van der Waals surface area contributed by atoms with Gasteiger partial charge in [0.15, 0.2) is 0 Å². The van der Waals surface area contributed by atoms with E-state index in [0.717, 1.165) is 0 Å². The predicted octanol–water partition coefficient (Wildman–Crippen LogP) is 7.62. The average molecular weight is 644 g/mol. The first-order valence-corrected chi connectivity index (χ1v) is 13.8. The number of methoxy groups -OCH3 is 1. The minimum atomic E-state index is -5.09. The Hall–Kier alpha value is -3.57. The van der Waals surface area contributed by atoms with Gasteiger partial charge in [0, 0.05) is 5.56 Å². The van der Waals surface area contributed by atoms with Crippen LogP contribution in [0.4, 0.5) is 36.4 Å². The molecule has 2 heterocycles. The summed E-state index contributed by atoms with van der Waals surface area (Å²) in [6.07, 6.45) is -7.84. The zero-order valence-corrected chi connectivity index (χ0v) is 25.2. The number of anilines is 1. The fourth-order valence-corrected chi connectivity index (χ4v) is 5.71. The van der Waals surface area contributed by atoms with Crippen molar-refractivity contribution in [2.24, 2.45) is 0 Å². The fourth-order valence-electron chi connectivity index (χ4n) is 5.14. The molecular weight excluding hydrogens is 614 g/mol. The molecule has 3 atom stereocenters. The molecule has 0 aliphatic carbocycles. The van der Waals surface area contributed by atoms with E-state index in [0.29, 0.717) is 47.4 Å². The molecule has 1 amide bonds. The van der Waals surface area contributed by atoms with Crippen LogP contribution in [0.2, 0.25) is 0 Å². The Bertz CT molecular complexity index is 1560. The van der Waals surface area contributed by atoms with Crippen molar-refractivity contribution < 1.29 is 45.1 Å². The van der Waals surface area contributed by atoms with Crippen LogP contribution in [0, 0.1) is 12.7 Å². The van der Waals surface area contributed by atoms with E-state index in [4.69, 9.17) is 4.74 Å². The van der Waals surface area contributed by atoms with Crippen LogP contribution in [0.15, 0.2) is 48.7 Å². The van der Waals surface area contributed by atoms with Gasteiger partial charge in [-0.2, -0.15) is 26.3 Å². The molecule has 1 saturated heterocycles. The van der Waals surface area contributed by atoms with Crippen molar-refractivity contribution in [2.75, 3.05) is 12.4 Å². The molecule has 236 valence electrons. The maximum Gasteiger partial charge on any atom is 0.416 e. The number of hydrogen-bond donors (Lipinski definition) is 1. The molecule has 0 bridgehead atoms. The third-order valence-electron chi connectivity index (χ3n) is 7.78. The minimum Gasteiger partial charge on any atom is -0.468 e. The van der Waals surface area contributed by atoms with Crippen molar-refractivity contribution >= 4 is 27.0 Å². The number of nitrogens with one attached hydrogen (secondary N) is 1. The molecule has 3 aromatic rings. The van der Waals surface area contributed by atoms with Gasteiger partial charge in [0.1, 0.15) is 11.9 Å². The van der Waals surface area contributed by atoms with Gasteiger partial charge < -0.3 is 10.1 Å². The molecule has 1 aromatic heterocycles. The van der Waals surface area contributed by atoms with Crippen LogP contribution in [-0.2, 0) is 32.1 Å². The molecule has 1 aliphatic rings. The van der Waals surface area contributed by atoms with Crippen LogP contribution in [-0.4, -0.2) is 34.7 Å². The number of carbonyl (C=O) groups is 2. The Morgan fingerprint density at radius 1 is 0.932 bits per heavy atom. The van der Waals surface area contributed by atoms with Gasteiger partial charge >= 0.3 is 18.3 Å². The van der Waals surface area contributed by atoms with Crippen LogP contribution in [0.5, 0.6) is 0 Å². The van der Waals surface area contributed by atoms with Gasteiger partial charge in [-0.15, -0.1) is 0 Å². The van der Waals surface area contributed by atoms with E-state index in [1.807, 2.05) is 0 Å². The summed E-state index contributed by atoms with van der Waals surface area (Å²) < 4.78 is 102. The van der Waals surface area contributed by atoms with E-state index in [-0.39, 0.29) is 17.8 Å². The van der Waals surface area contributed by atoms with E-state index < -0.39 is 58.2 Å². The van der Waals surface area contributed by atoms with Gasteiger partial charge in [0.2, 0.25) is 5.91 Å². The van der Waals surface area contributed by atoms with Crippen molar-refractivity contribution in [2.45, 2.75) is 63.5 Å². The fraction of sp³-hybridized carbons (Fsp3) is 0.367. The lowest BCUT2D eigenvalue weighted by molar-refractivity contribution is -0.145. The van der Waals surface area contributed by atoms with E-state index in [9.17, 15) is 40.3 Å². The van der Waals surface area contributed by atoms with Gasteiger partial charge in [-0.25, -0.2) is 4.39 Å². The minimum absolute atomic E-state index is 0.00136. The number of benzene rings is 2. The Morgan fingerprint density at radius 2 is 1.52 bits per heavy atom. The van der Waals surface area contributed by atoms with Crippen molar-refractivity contribution in [3.63, 3.8) is 0 Å². The number of aryl methyl sites for hydroxylation is 1. The third kappa shape index (κ3) is 6.73. The lowest BCUT2D eigenvalue weighted by atomic mass is 9.81. The summed E-state index contributed by atoms with van der Waals surface area (Å²) in [6, 6.07) is 5.77. The molecule has 0 radical (unpaired) electrons. The van der Waals surface area contributed by atoms with E-state index >= 15 is 0 Å². The van der Waals surface area contributed by atoms with Gasteiger partial charge in [-0.1, -0.05) is 15.5 Å². The zero-order valence-electron chi connectivity index (χ0n) is 24.0. The molecule has 2 unspecified atom stereocenters. The molecular formula is C30H29F7N3O3P. The van der Waals surface area contributed by atoms with Crippen molar-refractivity contribution in [3.05, 3.63) is 82.4 Å². The number of rotatable bonds is 6. The van der Waals surface area contributed by atoms with Crippen LogP contribution in [0.1, 0.15) is 60.7 Å². The number of aromatic nitrogens is 1. The molecule has 4 rings (SSSR count). The van der Waals surface area contributed by atoms with E-state index in [1.165, 1.54) is 45.4 Å². The Balaban J connectivity index is 1.77. The normalized spacial score (nSPS) is 17.9. The number of pyridine rings is 1. The van der Waals surface area contributed by atoms with Gasteiger partial charge in [0.25, 0.3) is 0 Å². The number of halogens is 7. The summed E-state index contributed by atoms with van der Waals surface area (Å²) in [5.41, 5.74) is -3.47. The number of carbonyl (C=O) groups excluding carboxylic acids is 2. The first-order valence-electron chi connectivity index (χ1n) is 13.3. The lowest BCUT2D eigenvalue weighted by Crippen LogP contribution is -2.35. The highest BCUT2D eigenvalue weighted by atomic mass is 31.0. The van der Waals surface area contributed by atoms with Gasteiger partial charge in [-0.3, -0.25) is 19.2 Å². The van der Waals surface area contributed by atoms with Crippen LogP contribution < -0.4 is 5.32 Å². The summed E-state index contributed by atoms with van der Waals surface area (Å²) in [7, 11) is 3.77. The molecule has 1 fully saturated rings. The summed E-state index contributed by atoms with van der Waals surface area (Å²) in [6.45, 7) is 4.06. The molecule has 1 N–H and O–H groups in total. The van der Waals surface area contributed by atoms with Gasteiger partial charge in [0.05, 0.1) is 47.3 Å². The summed E-state index contributed by atoms with van der Waals surface area (Å²) >= 11 is 0. The second-order valence-corrected chi connectivity index (χ2v) is 11.7. The quantitative estimate of drug-likeness (QED) is 0.170. The van der Waals surface area contributed by atoms with Gasteiger partial charge in [-0.05, 0) is 86.7 Å². The van der Waals surface area contributed by atoms with Crippen LogP contribution in [0.3, 0.4) is 0 Å². The third-order valence-corrected chi connectivity index (χ3v) is 8.50. The lowest BCUT2D eigenvalue weighted by Gasteiger charge is -2.27. The smallest absolute Gasteiger partial charge is 0.416 e. The highest BCUT2D eigenvalue weighted by Crippen LogP contribution is 2.42. The number of amides is 1. The first kappa shape index (κ1) is 33.3. The van der Waals surface area contributed by atoms with Crippen molar-refractivity contribution in [1.82, 2.24) is 9.65 Å². The largest absolute Gasteiger partial charge is 0.468 e. The molecule has 6 nitrogen and oxygen atoms in total. The molecule has 14 heteroatoms. The van der Waals surface area contributed by atoms with Crippen molar-refractivity contribution in [1.29, 1.82) is 0 Å². The van der Waals surface area contributed by atoms with Crippen molar-refractivity contribution in [3.8, 4) is 11.1 Å². The monoisotopic (exact) mass is 643 g/mol. The van der Waals surface area contributed by atoms with E-state index in [2.05, 4.69) is 19.7 Å².